The van der Waals surface area contributed by atoms with Gasteiger partial charge in [-0.1, -0.05) is 0 Å². The Morgan fingerprint density at radius 1 is 0.833 bits per heavy atom. The SMILES string of the molecule is CC(=O)Oc1cc2c(cc1F)C1(OC(=O)c3ccc(C(=O)O)cc31)c1cc(F)c(OC(C)=O)cc1O2. The summed E-state index contributed by atoms with van der Waals surface area (Å²) < 4.78 is 51.4. The van der Waals surface area contributed by atoms with Crippen molar-refractivity contribution in [3.05, 3.63) is 81.9 Å². The second-order valence-corrected chi connectivity index (χ2v) is 7.98. The van der Waals surface area contributed by atoms with Gasteiger partial charge in [0.2, 0.25) is 0 Å². The number of carbonyl (C=O) groups excluding carboxylic acids is 3. The summed E-state index contributed by atoms with van der Waals surface area (Å²) in [7, 11) is 0. The minimum Gasteiger partial charge on any atom is -0.478 e. The van der Waals surface area contributed by atoms with Crippen LogP contribution in [-0.2, 0) is 19.9 Å². The van der Waals surface area contributed by atoms with Gasteiger partial charge in [0.1, 0.15) is 11.5 Å². The fourth-order valence-corrected chi connectivity index (χ4v) is 4.31. The molecule has 182 valence electrons. The van der Waals surface area contributed by atoms with Crippen molar-refractivity contribution in [3.8, 4) is 23.0 Å². The van der Waals surface area contributed by atoms with E-state index in [0.29, 0.717) is 0 Å². The molecule has 0 aliphatic carbocycles. The van der Waals surface area contributed by atoms with Crippen molar-refractivity contribution in [1.82, 2.24) is 0 Å². The smallest absolute Gasteiger partial charge is 0.340 e. The number of hydrogen-bond donors (Lipinski definition) is 1. The van der Waals surface area contributed by atoms with Crippen LogP contribution in [0.3, 0.4) is 0 Å². The molecule has 36 heavy (non-hydrogen) atoms. The van der Waals surface area contributed by atoms with Gasteiger partial charge in [0.05, 0.1) is 22.3 Å². The maximum Gasteiger partial charge on any atom is 0.340 e. The highest BCUT2D eigenvalue weighted by Crippen LogP contribution is 2.57. The van der Waals surface area contributed by atoms with Crippen molar-refractivity contribution < 1.29 is 52.0 Å². The number of carboxylic acids is 1. The fourth-order valence-electron chi connectivity index (χ4n) is 4.31. The van der Waals surface area contributed by atoms with Crippen LogP contribution >= 0.6 is 0 Å². The van der Waals surface area contributed by atoms with Gasteiger partial charge >= 0.3 is 23.9 Å². The predicted molar refractivity (Wildman–Crippen MR) is 114 cm³/mol. The molecule has 2 aliphatic rings. The summed E-state index contributed by atoms with van der Waals surface area (Å²) in [6, 6.07) is 7.46. The summed E-state index contributed by atoms with van der Waals surface area (Å²) in [4.78, 5) is 47.4. The van der Waals surface area contributed by atoms with E-state index in [4.69, 9.17) is 18.9 Å². The Morgan fingerprint density at radius 2 is 1.36 bits per heavy atom. The number of ether oxygens (including phenoxy) is 4. The highest BCUT2D eigenvalue weighted by molar-refractivity contribution is 5.99. The molecule has 3 aromatic rings. The lowest BCUT2D eigenvalue weighted by Crippen LogP contribution is -2.33. The number of halogens is 2. The van der Waals surface area contributed by atoms with Crippen LogP contribution in [0.1, 0.15) is 51.3 Å². The molecule has 2 aliphatic heterocycles. The average Bonchev–Trinajstić information content (AvgIpc) is 3.08. The Hall–Kier alpha value is -4.80. The van der Waals surface area contributed by atoms with E-state index in [0.717, 1.165) is 44.2 Å². The molecule has 3 aromatic carbocycles. The van der Waals surface area contributed by atoms with Crippen molar-refractivity contribution >= 4 is 23.9 Å². The van der Waals surface area contributed by atoms with Crippen LogP contribution in [0.15, 0.2) is 42.5 Å². The Labute approximate surface area is 200 Å². The monoisotopic (exact) mass is 496 g/mol. The third-order valence-corrected chi connectivity index (χ3v) is 5.67. The van der Waals surface area contributed by atoms with E-state index in [2.05, 4.69) is 0 Å². The van der Waals surface area contributed by atoms with E-state index in [1.165, 1.54) is 12.1 Å². The first-order chi connectivity index (χ1) is 17.0. The molecule has 2 heterocycles. The molecule has 0 saturated heterocycles. The number of aromatic carboxylic acids is 1. The third-order valence-electron chi connectivity index (χ3n) is 5.67. The Balaban J connectivity index is 1.85. The van der Waals surface area contributed by atoms with Crippen molar-refractivity contribution in [1.29, 1.82) is 0 Å². The summed E-state index contributed by atoms with van der Waals surface area (Å²) in [6.45, 7) is 2.13. The number of benzene rings is 3. The zero-order valence-electron chi connectivity index (χ0n) is 18.5. The Bertz CT molecular complexity index is 1450. The third kappa shape index (κ3) is 3.35. The molecule has 5 rings (SSSR count). The lowest BCUT2D eigenvalue weighted by molar-refractivity contribution is -0.133. The van der Waals surface area contributed by atoms with Crippen LogP contribution in [0, 0.1) is 11.6 Å². The summed E-state index contributed by atoms with van der Waals surface area (Å²) in [5, 5.41) is 9.52. The molecular formula is C25H14F2O9. The molecule has 0 fully saturated rings. The lowest BCUT2D eigenvalue weighted by Gasteiger charge is -2.36. The van der Waals surface area contributed by atoms with Gasteiger partial charge < -0.3 is 24.1 Å². The summed E-state index contributed by atoms with van der Waals surface area (Å²) in [5.41, 5.74) is -2.51. The van der Waals surface area contributed by atoms with E-state index in [9.17, 15) is 24.3 Å². The van der Waals surface area contributed by atoms with E-state index in [1.807, 2.05) is 0 Å². The molecule has 0 atom stereocenters. The second kappa shape index (κ2) is 7.87. The van der Waals surface area contributed by atoms with Crippen LogP contribution in [0.5, 0.6) is 23.0 Å². The van der Waals surface area contributed by atoms with Crippen molar-refractivity contribution in [2.75, 3.05) is 0 Å². The predicted octanol–water partition coefficient (Wildman–Crippen LogP) is 4.08. The van der Waals surface area contributed by atoms with Gasteiger partial charge in [-0.15, -0.1) is 0 Å². The van der Waals surface area contributed by atoms with E-state index in [-0.39, 0.29) is 39.3 Å². The summed E-state index contributed by atoms with van der Waals surface area (Å²) in [6.07, 6.45) is 0. The summed E-state index contributed by atoms with van der Waals surface area (Å²) in [5.74, 6) is -7.13. The van der Waals surface area contributed by atoms with Gasteiger partial charge in [0, 0.05) is 31.5 Å². The normalized spacial score (nSPS) is 14.2. The van der Waals surface area contributed by atoms with Crippen LogP contribution < -0.4 is 14.2 Å². The fraction of sp³-hybridized carbons (Fsp3) is 0.120. The van der Waals surface area contributed by atoms with Gasteiger partial charge in [-0.2, -0.15) is 0 Å². The maximum absolute atomic E-state index is 15.0. The molecule has 0 amide bonds. The van der Waals surface area contributed by atoms with Gasteiger partial charge in [-0.25, -0.2) is 18.4 Å². The lowest BCUT2D eigenvalue weighted by atomic mass is 9.77. The average molecular weight is 496 g/mol. The molecule has 0 unspecified atom stereocenters. The minimum atomic E-state index is -2.04. The molecule has 9 nitrogen and oxygen atoms in total. The Morgan fingerprint density at radius 3 is 1.83 bits per heavy atom. The van der Waals surface area contributed by atoms with Crippen LogP contribution in [-0.4, -0.2) is 29.0 Å². The second-order valence-electron chi connectivity index (χ2n) is 7.98. The van der Waals surface area contributed by atoms with Crippen LogP contribution in [0.4, 0.5) is 8.78 Å². The van der Waals surface area contributed by atoms with E-state index >= 15 is 8.78 Å². The van der Waals surface area contributed by atoms with Crippen LogP contribution in [0.25, 0.3) is 0 Å². The molecule has 0 aromatic heterocycles. The molecule has 11 heteroatoms. The first kappa shape index (κ1) is 23.0. The standard InChI is InChI=1S/C25H14F2O9/c1-10(28)33-21-8-19-15(6-17(21)26)25(14-5-12(23(30)31)3-4-13(14)24(32)36-25)16-7-18(27)22(34-11(2)29)9-20(16)35-19/h3-9H,1-2H3,(H,30,31). The minimum absolute atomic E-state index is 0.00234. The van der Waals surface area contributed by atoms with Crippen LogP contribution in [0.2, 0.25) is 0 Å². The van der Waals surface area contributed by atoms with Gasteiger partial charge in [0.25, 0.3) is 0 Å². The number of carbonyl (C=O) groups is 4. The molecular weight excluding hydrogens is 482 g/mol. The Kier molecular flexibility index (Phi) is 5.02. The number of hydrogen-bond acceptors (Lipinski definition) is 8. The summed E-state index contributed by atoms with van der Waals surface area (Å²) >= 11 is 0. The zero-order chi connectivity index (χ0) is 25.9. The highest BCUT2D eigenvalue weighted by Gasteiger charge is 2.54. The first-order valence-electron chi connectivity index (χ1n) is 10.3. The number of esters is 3. The van der Waals surface area contributed by atoms with E-state index < -0.39 is 52.6 Å². The highest BCUT2D eigenvalue weighted by atomic mass is 19.1. The zero-order valence-corrected chi connectivity index (χ0v) is 18.5. The number of rotatable bonds is 3. The molecule has 0 radical (unpaired) electrons. The topological polar surface area (TPSA) is 125 Å². The molecule has 0 saturated carbocycles. The maximum atomic E-state index is 15.0. The first-order valence-corrected chi connectivity index (χ1v) is 10.3. The van der Waals surface area contributed by atoms with Gasteiger partial charge in [-0.05, 0) is 30.3 Å². The molecule has 0 bridgehead atoms. The largest absolute Gasteiger partial charge is 0.478 e. The number of fused-ring (bicyclic) bond motifs is 6. The molecule has 1 N–H and O–H groups in total. The van der Waals surface area contributed by atoms with Crippen molar-refractivity contribution in [2.24, 2.45) is 0 Å². The van der Waals surface area contributed by atoms with E-state index in [1.54, 1.807) is 0 Å². The molecule has 1 spiro atoms. The van der Waals surface area contributed by atoms with Gasteiger partial charge in [-0.3, -0.25) is 9.59 Å². The number of carboxylic acid groups (broad SMARTS) is 1. The van der Waals surface area contributed by atoms with Crippen molar-refractivity contribution in [2.45, 2.75) is 19.4 Å². The van der Waals surface area contributed by atoms with Crippen molar-refractivity contribution in [3.63, 3.8) is 0 Å². The van der Waals surface area contributed by atoms with Gasteiger partial charge in [0.15, 0.2) is 28.7 Å². The quantitative estimate of drug-likeness (QED) is 0.422.